The molecule has 0 nitrogen and oxygen atoms in total. The van der Waals surface area contributed by atoms with E-state index in [4.69, 9.17) is 0 Å². The Labute approximate surface area is 98.3 Å². The monoisotopic (exact) mass is 232 g/mol. The van der Waals surface area contributed by atoms with Crippen LogP contribution < -0.4 is 0 Å². The lowest BCUT2D eigenvalue weighted by atomic mass is 10.2. The number of unbranched alkanes of at least 4 members (excludes halogenated alkanes) is 1. The molecule has 0 atom stereocenters. The number of hydrogen-bond donors (Lipinski definition) is 0. The van der Waals surface area contributed by atoms with Gasteiger partial charge in [0.25, 0.3) is 0 Å². The smallest absolute Gasteiger partial charge is 0.00347 e. The van der Waals surface area contributed by atoms with Crippen molar-refractivity contribution in [1.29, 1.82) is 0 Å². The molecule has 0 unspecified atom stereocenters. The third-order valence-corrected chi connectivity index (χ3v) is 3.85. The lowest BCUT2D eigenvalue weighted by Crippen LogP contribution is -1.90. The van der Waals surface area contributed by atoms with Crippen molar-refractivity contribution in [3.63, 3.8) is 0 Å². The summed E-state index contributed by atoms with van der Waals surface area (Å²) >= 11 is 3.97. The Morgan fingerprint density at radius 1 is 1.14 bits per heavy atom. The van der Waals surface area contributed by atoms with Crippen LogP contribution in [0.15, 0.2) is 10.3 Å². The van der Waals surface area contributed by atoms with Crippen molar-refractivity contribution in [2.45, 2.75) is 64.4 Å². The Bertz CT molecular complexity index is 160. The Morgan fingerprint density at radius 3 is 2.21 bits per heavy atom. The maximum atomic E-state index is 2.37. The van der Waals surface area contributed by atoms with Gasteiger partial charge in [-0.25, -0.2) is 0 Å². The molecule has 0 bridgehead atoms. The van der Waals surface area contributed by atoms with Crippen molar-refractivity contribution in [2.24, 2.45) is 0 Å². The van der Waals surface area contributed by atoms with Crippen molar-refractivity contribution in [1.82, 2.24) is 0 Å². The summed E-state index contributed by atoms with van der Waals surface area (Å²) in [5.41, 5.74) is 0. The highest BCUT2D eigenvalue weighted by molar-refractivity contribution is 8.06. The first-order chi connectivity index (χ1) is 6.56. The van der Waals surface area contributed by atoms with Crippen LogP contribution in [0.2, 0.25) is 0 Å². The third-order valence-electron chi connectivity index (χ3n) is 1.64. The predicted molar refractivity (Wildman–Crippen MR) is 73.1 cm³/mol. The minimum Gasteiger partial charge on any atom is -0.130 e. The summed E-state index contributed by atoms with van der Waals surface area (Å²) in [7, 11) is 0. The van der Waals surface area contributed by atoms with Gasteiger partial charge >= 0.3 is 0 Å². The number of allylic oxidation sites excluding steroid dienone is 1. The summed E-state index contributed by atoms with van der Waals surface area (Å²) in [4.78, 5) is 1.57. The highest BCUT2D eigenvalue weighted by atomic mass is 32.2. The van der Waals surface area contributed by atoms with Crippen LogP contribution in [0, 0.1) is 0 Å². The molecule has 0 spiro atoms. The Balaban J connectivity index is 4.01. The summed E-state index contributed by atoms with van der Waals surface area (Å²) in [6.45, 7) is 11.3. The summed E-state index contributed by atoms with van der Waals surface area (Å²) < 4.78 is 0. The number of thioether (sulfide) groups is 2. The number of hydrogen-bond acceptors (Lipinski definition) is 2. The molecule has 14 heavy (non-hydrogen) atoms. The first-order valence-electron chi connectivity index (χ1n) is 5.57. The fourth-order valence-electron chi connectivity index (χ4n) is 1.01. The molecule has 0 N–H and O–H groups in total. The third kappa shape index (κ3) is 9.01. The second-order valence-electron chi connectivity index (χ2n) is 4.04. The van der Waals surface area contributed by atoms with Crippen LogP contribution in [0.5, 0.6) is 0 Å². The highest BCUT2D eigenvalue weighted by Gasteiger charge is 2.02. The van der Waals surface area contributed by atoms with Crippen LogP contribution in [0.4, 0.5) is 0 Å². The zero-order valence-corrected chi connectivity index (χ0v) is 11.8. The fourth-order valence-corrected chi connectivity index (χ4v) is 2.81. The fraction of sp³-hybridized carbons (Fsp3) is 0.833. The van der Waals surface area contributed by atoms with Crippen LogP contribution in [0.3, 0.4) is 0 Å². The quantitative estimate of drug-likeness (QED) is 0.584. The molecule has 0 heterocycles. The van der Waals surface area contributed by atoms with E-state index < -0.39 is 0 Å². The summed E-state index contributed by atoms with van der Waals surface area (Å²) in [6.07, 6.45) is 3.88. The van der Waals surface area contributed by atoms with E-state index in [-0.39, 0.29) is 0 Å². The number of rotatable bonds is 7. The molecule has 0 aromatic heterocycles. The second kappa shape index (κ2) is 8.72. The van der Waals surface area contributed by atoms with E-state index >= 15 is 0 Å². The molecule has 0 aromatic carbocycles. The van der Waals surface area contributed by atoms with E-state index in [1.54, 1.807) is 4.91 Å². The minimum absolute atomic E-state index is 0.708. The largest absolute Gasteiger partial charge is 0.130 e. The zero-order valence-electron chi connectivity index (χ0n) is 10.2. The van der Waals surface area contributed by atoms with Gasteiger partial charge in [-0.05, 0) is 23.2 Å². The van der Waals surface area contributed by atoms with E-state index in [1.165, 1.54) is 19.3 Å². The van der Waals surface area contributed by atoms with Gasteiger partial charge in [-0.15, -0.1) is 23.5 Å². The maximum Gasteiger partial charge on any atom is 0.00347 e. The lowest BCUT2D eigenvalue weighted by molar-refractivity contribution is 0.808. The van der Waals surface area contributed by atoms with Crippen molar-refractivity contribution < 1.29 is 0 Å². The maximum absolute atomic E-state index is 2.37. The topological polar surface area (TPSA) is 0 Å². The molecule has 0 rings (SSSR count). The molecule has 0 saturated carbocycles. The first-order valence-corrected chi connectivity index (χ1v) is 7.39. The van der Waals surface area contributed by atoms with Crippen molar-refractivity contribution in [3.05, 3.63) is 10.3 Å². The normalized spacial score (nSPS) is 12.9. The molecule has 0 radical (unpaired) electrons. The molecular formula is C12H24S2. The Morgan fingerprint density at radius 2 is 1.79 bits per heavy atom. The van der Waals surface area contributed by atoms with Gasteiger partial charge in [0.1, 0.15) is 0 Å². The lowest BCUT2D eigenvalue weighted by Gasteiger charge is -2.10. The predicted octanol–water partition coefficient (Wildman–Crippen LogP) is 5.30. The molecule has 0 amide bonds. The molecular weight excluding hydrogens is 208 g/mol. The van der Waals surface area contributed by atoms with Gasteiger partial charge in [0.2, 0.25) is 0 Å². The zero-order chi connectivity index (χ0) is 11.0. The summed E-state index contributed by atoms with van der Waals surface area (Å²) in [5.74, 6) is 0. The van der Waals surface area contributed by atoms with Gasteiger partial charge in [-0.2, -0.15) is 0 Å². The van der Waals surface area contributed by atoms with E-state index in [9.17, 15) is 0 Å². The van der Waals surface area contributed by atoms with Crippen LogP contribution in [0.25, 0.3) is 0 Å². The van der Waals surface area contributed by atoms with Gasteiger partial charge in [-0.1, -0.05) is 41.0 Å². The van der Waals surface area contributed by atoms with Gasteiger partial charge in [0.05, 0.1) is 0 Å². The van der Waals surface area contributed by atoms with E-state index in [0.29, 0.717) is 10.5 Å². The summed E-state index contributed by atoms with van der Waals surface area (Å²) in [5, 5.41) is 3.79. The van der Waals surface area contributed by atoms with Crippen LogP contribution in [-0.4, -0.2) is 10.5 Å². The van der Waals surface area contributed by atoms with Gasteiger partial charge in [-0.3, -0.25) is 0 Å². The molecule has 84 valence electrons. The van der Waals surface area contributed by atoms with Gasteiger partial charge in [0.15, 0.2) is 0 Å². The molecule has 0 aromatic rings. The van der Waals surface area contributed by atoms with E-state index in [0.717, 1.165) is 0 Å². The van der Waals surface area contributed by atoms with Crippen molar-refractivity contribution in [3.8, 4) is 0 Å². The molecule has 0 aliphatic carbocycles. The molecule has 2 heteroatoms. The van der Waals surface area contributed by atoms with Gasteiger partial charge < -0.3 is 0 Å². The average Bonchev–Trinajstić information content (AvgIpc) is 2.09. The van der Waals surface area contributed by atoms with E-state index in [2.05, 4.69) is 40.0 Å². The Hall–Kier alpha value is 0.440. The highest BCUT2D eigenvalue weighted by Crippen LogP contribution is 2.29. The molecule has 0 saturated heterocycles. The SMILES string of the molecule is CCCC/C(=C/SC(C)C)SC(C)C. The van der Waals surface area contributed by atoms with Gasteiger partial charge in [0, 0.05) is 10.5 Å². The van der Waals surface area contributed by atoms with Crippen LogP contribution >= 0.6 is 23.5 Å². The van der Waals surface area contributed by atoms with Crippen LogP contribution in [-0.2, 0) is 0 Å². The van der Waals surface area contributed by atoms with E-state index in [1.807, 2.05) is 23.5 Å². The van der Waals surface area contributed by atoms with Crippen LogP contribution in [0.1, 0.15) is 53.9 Å². The standard InChI is InChI=1S/C12H24S2/c1-6-7-8-12(14-11(4)5)9-13-10(2)3/h9-11H,6-8H2,1-5H3/b12-9-. The van der Waals surface area contributed by atoms with Crippen molar-refractivity contribution in [2.75, 3.05) is 0 Å². The molecule has 0 aliphatic heterocycles. The molecule has 0 fully saturated rings. The Kier molecular flexibility index (Phi) is 9.00. The van der Waals surface area contributed by atoms with Crippen molar-refractivity contribution >= 4 is 23.5 Å². The first kappa shape index (κ1) is 14.4. The molecule has 0 aliphatic rings. The minimum atomic E-state index is 0.708. The second-order valence-corrected chi connectivity index (χ2v) is 7.19. The average molecular weight is 232 g/mol. The summed E-state index contributed by atoms with van der Waals surface area (Å²) in [6, 6.07) is 0.